The van der Waals surface area contributed by atoms with E-state index in [1.54, 1.807) is 24.3 Å². The van der Waals surface area contributed by atoms with Crippen LogP contribution >= 0.6 is 11.8 Å². The first-order chi connectivity index (χ1) is 14.3. The van der Waals surface area contributed by atoms with E-state index in [0.29, 0.717) is 10.9 Å². The zero-order valence-electron chi connectivity index (χ0n) is 15.4. The van der Waals surface area contributed by atoms with Crippen molar-refractivity contribution >= 4 is 40.3 Å². The molecule has 0 unspecified atom stereocenters. The molecule has 0 N–H and O–H groups in total. The number of carbonyl (C=O) groups excluding carboxylic acids is 2. The van der Waals surface area contributed by atoms with Crippen LogP contribution in [-0.4, -0.2) is 26.4 Å². The van der Waals surface area contributed by atoms with Crippen LogP contribution in [0, 0.1) is 10.1 Å². The topological polar surface area (TPSA) is 131 Å². The van der Waals surface area contributed by atoms with Gasteiger partial charge in [-0.2, -0.15) is 0 Å². The number of rotatable bonds is 4. The first kappa shape index (κ1) is 19.6. The number of hydrogen-bond acceptors (Lipinski definition) is 9. The van der Waals surface area contributed by atoms with Crippen LogP contribution in [0.1, 0.15) is 18.3 Å². The maximum absolute atomic E-state index is 12.6. The third-order valence-electron chi connectivity index (χ3n) is 4.36. The molecule has 30 heavy (non-hydrogen) atoms. The predicted molar refractivity (Wildman–Crippen MR) is 104 cm³/mol. The Morgan fingerprint density at radius 1 is 1.13 bits per heavy atom. The minimum Gasteiger partial charge on any atom is -0.420 e. The number of para-hydroxylation sites is 1. The largest absolute Gasteiger partial charge is 0.420 e. The van der Waals surface area contributed by atoms with Crippen LogP contribution < -0.4 is 5.56 Å². The Labute approximate surface area is 172 Å². The molecule has 0 aliphatic carbocycles. The number of carbonyl (C=O) groups is 2. The van der Waals surface area contributed by atoms with Gasteiger partial charge in [0.1, 0.15) is 6.42 Å². The molecule has 0 bridgehead atoms. The molecule has 1 fully saturated rings. The second-order valence-corrected chi connectivity index (χ2v) is 7.36. The summed E-state index contributed by atoms with van der Waals surface area (Å²) in [5, 5.41) is 12.3. The van der Waals surface area contributed by atoms with Crippen molar-refractivity contribution < 1.29 is 24.0 Å². The second kappa shape index (κ2) is 7.59. The fourth-order valence-corrected chi connectivity index (χ4v) is 3.83. The number of fused-ring (bicyclic) bond motifs is 1. The minimum atomic E-state index is -1.35. The van der Waals surface area contributed by atoms with Gasteiger partial charge in [0.15, 0.2) is 5.16 Å². The van der Waals surface area contributed by atoms with Gasteiger partial charge in [-0.15, -0.1) is 0 Å². The molecule has 0 amide bonds. The summed E-state index contributed by atoms with van der Waals surface area (Å²) in [6, 6.07) is 10.9. The van der Waals surface area contributed by atoms with Gasteiger partial charge >= 0.3 is 11.9 Å². The number of esters is 2. The molecule has 0 radical (unpaired) electrons. The molecule has 2 heterocycles. The second-order valence-electron chi connectivity index (χ2n) is 6.35. The van der Waals surface area contributed by atoms with Gasteiger partial charge in [-0.3, -0.25) is 29.1 Å². The average Bonchev–Trinajstić information content (AvgIpc) is 2.71. The highest BCUT2D eigenvalue weighted by molar-refractivity contribution is 7.99. The van der Waals surface area contributed by atoms with E-state index in [0.717, 1.165) is 17.8 Å². The van der Waals surface area contributed by atoms with Crippen molar-refractivity contribution in [3.05, 3.63) is 68.5 Å². The summed E-state index contributed by atoms with van der Waals surface area (Å²) in [7, 11) is 1.53. The zero-order valence-corrected chi connectivity index (χ0v) is 16.3. The van der Waals surface area contributed by atoms with Crippen LogP contribution in [0.5, 0.6) is 0 Å². The van der Waals surface area contributed by atoms with Crippen LogP contribution in [0.4, 0.5) is 5.69 Å². The van der Waals surface area contributed by atoms with E-state index in [4.69, 9.17) is 9.47 Å². The molecule has 152 valence electrons. The summed E-state index contributed by atoms with van der Waals surface area (Å²) >= 11 is 0.949. The lowest BCUT2D eigenvalue weighted by molar-refractivity contribution is -0.387. The molecule has 1 aromatic heterocycles. The normalized spacial score (nSPS) is 14.4. The number of aromatic nitrogens is 2. The number of nitro groups is 1. The van der Waals surface area contributed by atoms with E-state index in [9.17, 15) is 24.5 Å². The molecule has 1 aliphatic rings. The van der Waals surface area contributed by atoms with E-state index in [-0.39, 0.29) is 26.9 Å². The quantitative estimate of drug-likeness (QED) is 0.203. The summed E-state index contributed by atoms with van der Waals surface area (Å²) in [6.07, 6.45) is -1.85. The Bertz CT molecular complexity index is 1250. The average molecular weight is 427 g/mol. The SMILES string of the molecule is Cn1c(Sc2ccc(C3OC(=O)CC(=O)O3)cc2[N+](=O)[O-])nc2ccccc2c1=O. The third kappa shape index (κ3) is 3.62. The van der Waals surface area contributed by atoms with Crippen molar-refractivity contribution in [1.29, 1.82) is 0 Å². The number of hydrogen-bond donors (Lipinski definition) is 0. The zero-order chi connectivity index (χ0) is 21.4. The van der Waals surface area contributed by atoms with Crippen molar-refractivity contribution in [1.82, 2.24) is 9.55 Å². The predicted octanol–water partition coefficient (Wildman–Crippen LogP) is 2.48. The monoisotopic (exact) mass is 427 g/mol. The van der Waals surface area contributed by atoms with Gasteiger partial charge in [-0.05, 0) is 36.0 Å². The fourth-order valence-electron chi connectivity index (χ4n) is 2.90. The molecular weight excluding hydrogens is 414 g/mol. The molecule has 0 saturated carbocycles. The Hall–Kier alpha value is -3.73. The lowest BCUT2D eigenvalue weighted by Crippen LogP contribution is -2.26. The van der Waals surface area contributed by atoms with Crippen LogP contribution in [0.15, 0.2) is 57.3 Å². The Morgan fingerprint density at radius 2 is 1.83 bits per heavy atom. The van der Waals surface area contributed by atoms with Gasteiger partial charge in [0, 0.05) is 18.7 Å². The maximum atomic E-state index is 12.6. The molecule has 4 rings (SSSR count). The highest BCUT2D eigenvalue weighted by Gasteiger charge is 2.31. The number of ether oxygens (including phenoxy) is 2. The molecular formula is C19H13N3O7S. The van der Waals surface area contributed by atoms with E-state index in [1.165, 1.54) is 23.7 Å². The van der Waals surface area contributed by atoms with E-state index >= 15 is 0 Å². The van der Waals surface area contributed by atoms with E-state index in [2.05, 4.69) is 4.98 Å². The summed E-state index contributed by atoms with van der Waals surface area (Å²) in [5.74, 6) is -1.54. The van der Waals surface area contributed by atoms with Crippen LogP contribution in [-0.2, 0) is 26.1 Å². The number of benzene rings is 2. The highest BCUT2D eigenvalue weighted by Crippen LogP contribution is 2.37. The summed E-state index contributed by atoms with van der Waals surface area (Å²) in [6.45, 7) is 0. The third-order valence-corrected chi connectivity index (χ3v) is 5.47. The van der Waals surface area contributed by atoms with Crippen molar-refractivity contribution in [2.75, 3.05) is 0 Å². The first-order valence-electron chi connectivity index (χ1n) is 8.64. The molecule has 2 aromatic carbocycles. The van der Waals surface area contributed by atoms with E-state index in [1.807, 2.05) is 0 Å². The number of nitro benzene ring substituents is 1. The molecule has 11 heteroatoms. The summed E-state index contributed by atoms with van der Waals surface area (Å²) in [4.78, 5) is 51.1. The van der Waals surface area contributed by atoms with E-state index < -0.39 is 29.6 Å². The molecule has 0 spiro atoms. The van der Waals surface area contributed by atoms with Gasteiger partial charge in [0.05, 0.1) is 20.7 Å². The molecule has 3 aromatic rings. The Kier molecular flexibility index (Phi) is 4.96. The van der Waals surface area contributed by atoms with Gasteiger partial charge in [0.25, 0.3) is 17.5 Å². The highest BCUT2D eigenvalue weighted by atomic mass is 32.2. The summed E-state index contributed by atoms with van der Waals surface area (Å²) in [5.41, 5.74) is 0.0391. The smallest absolute Gasteiger partial charge is 0.320 e. The fraction of sp³-hybridized carbons (Fsp3) is 0.158. The number of cyclic esters (lactones) is 2. The lowest BCUT2D eigenvalue weighted by Gasteiger charge is -2.22. The van der Waals surface area contributed by atoms with Crippen molar-refractivity contribution in [3.8, 4) is 0 Å². The van der Waals surface area contributed by atoms with Crippen molar-refractivity contribution in [2.24, 2.45) is 7.05 Å². The molecule has 1 saturated heterocycles. The van der Waals surface area contributed by atoms with Crippen molar-refractivity contribution in [3.63, 3.8) is 0 Å². The summed E-state index contributed by atoms with van der Waals surface area (Å²) < 4.78 is 11.2. The van der Waals surface area contributed by atoms with Crippen LogP contribution in [0.3, 0.4) is 0 Å². The Balaban J connectivity index is 1.73. The van der Waals surface area contributed by atoms with Gasteiger partial charge in [-0.25, -0.2) is 4.98 Å². The van der Waals surface area contributed by atoms with Gasteiger partial charge in [-0.1, -0.05) is 12.1 Å². The number of nitrogens with zero attached hydrogens (tertiary/aromatic N) is 3. The molecule has 10 nitrogen and oxygen atoms in total. The van der Waals surface area contributed by atoms with Crippen LogP contribution in [0.2, 0.25) is 0 Å². The standard InChI is InChI=1S/C19H13N3O7S/c1-21-17(25)11-4-2-3-5-12(11)20-19(21)30-14-7-6-10(8-13(14)22(26)27)18-28-15(23)9-16(24)29-18/h2-8,18H,9H2,1H3. The minimum absolute atomic E-state index is 0.146. The van der Waals surface area contributed by atoms with Crippen molar-refractivity contribution in [2.45, 2.75) is 22.8 Å². The van der Waals surface area contributed by atoms with Gasteiger partial charge < -0.3 is 9.47 Å². The van der Waals surface area contributed by atoms with Crippen LogP contribution in [0.25, 0.3) is 10.9 Å². The van der Waals surface area contributed by atoms with Gasteiger partial charge in [0.2, 0.25) is 0 Å². The molecule has 1 aliphatic heterocycles. The maximum Gasteiger partial charge on any atom is 0.320 e. The lowest BCUT2D eigenvalue weighted by atomic mass is 10.2. The molecule has 0 atom stereocenters. The first-order valence-corrected chi connectivity index (χ1v) is 9.46. The Morgan fingerprint density at radius 3 is 2.53 bits per heavy atom.